The highest BCUT2D eigenvalue weighted by Crippen LogP contribution is 2.30. The number of aromatic nitrogens is 3. The molecular weight excluding hydrogens is 554 g/mol. The van der Waals surface area contributed by atoms with Gasteiger partial charge < -0.3 is 14.2 Å². The van der Waals surface area contributed by atoms with Crippen LogP contribution in [0.1, 0.15) is 19.4 Å². The van der Waals surface area contributed by atoms with E-state index >= 15 is 0 Å². The fourth-order valence-corrected chi connectivity index (χ4v) is 4.46. The van der Waals surface area contributed by atoms with E-state index in [1.165, 1.54) is 32.0 Å². The Labute approximate surface area is 240 Å². The van der Waals surface area contributed by atoms with Crippen molar-refractivity contribution in [1.29, 1.82) is 0 Å². The zero-order valence-corrected chi connectivity index (χ0v) is 23.5. The van der Waals surface area contributed by atoms with Crippen LogP contribution in [-0.2, 0) is 9.59 Å². The minimum absolute atomic E-state index is 0.0435. The molecule has 12 heteroatoms. The molecule has 0 atom stereocenters. The van der Waals surface area contributed by atoms with Gasteiger partial charge >= 0.3 is 5.97 Å². The Kier molecular flexibility index (Phi) is 9.76. The van der Waals surface area contributed by atoms with Crippen LogP contribution in [0.25, 0.3) is 17.1 Å². The topological polar surface area (TPSA) is 117 Å². The monoisotopic (exact) mass is 579 g/mol. The number of thioether (sulfide) groups is 1. The molecule has 4 aromatic rings. The summed E-state index contributed by atoms with van der Waals surface area (Å²) < 4.78 is 17.8. The predicted molar refractivity (Wildman–Crippen MR) is 154 cm³/mol. The SMILES string of the molecule is CCOc1ccc(-n2c(SCC(=O)N/N=C/c3ccc(OC(C)=O)c(OC)c3)nnc2-c2ccc(Cl)cc2)cc1. The number of carbonyl (C=O) groups excluding carboxylic acids is 2. The summed E-state index contributed by atoms with van der Waals surface area (Å²) in [4.78, 5) is 23.8. The Morgan fingerprint density at radius 2 is 1.80 bits per heavy atom. The average Bonchev–Trinajstić information content (AvgIpc) is 3.37. The number of rotatable bonds is 11. The number of hydrazone groups is 1. The van der Waals surface area contributed by atoms with Crippen molar-refractivity contribution in [3.05, 3.63) is 77.3 Å². The lowest BCUT2D eigenvalue weighted by Gasteiger charge is -2.11. The van der Waals surface area contributed by atoms with Crippen molar-refractivity contribution < 1.29 is 23.8 Å². The fourth-order valence-electron chi connectivity index (χ4n) is 3.59. The van der Waals surface area contributed by atoms with Gasteiger partial charge in [0.1, 0.15) is 5.75 Å². The van der Waals surface area contributed by atoms with Gasteiger partial charge in [-0.15, -0.1) is 10.2 Å². The van der Waals surface area contributed by atoms with Crippen LogP contribution in [0.15, 0.2) is 77.0 Å². The molecule has 1 amide bonds. The van der Waals surface area contributed by atoms with Crippen molar-refractivity contribution >= 4 is 41.5 Å². The molecule has 0 aliphatic carbocycles. The third-order valence-corrected chi connectivity index (χ3v) is 6.50. The summed E-state index contributed by atoms with van der Waals surface area (Å²) in [6.45, 7) is 3.80. The molecule has 1 N–H and O–H groups in total. The van der Waals surface area contributed by atoms with Crippen molar-refractivity contribution in [1.82, 2.24) is 20.2 Å². The van der Waals surface area contributed by atoms with E-state index in [-0.39, 0.29) is 11.7 Å². The first kappa shape index (κ1) is 28.7. The summed E-state index contributed by atoms with van der Waals surface area (Å²) >= 11 is 7.29. The molecule has 4 rings (SSSR count). The number of esters is 1. The second-order valence-electron chi connectivity index (χ2n) is 8.16. The number of hydrogen-bond acceptors (Lipinski definition) is 9. The van der Waals surface area contributed by atoms with E-state index < -0.39 is 5.97 Å². The Hall–Kier alpha value is -4.35. The number of halogens is 1. The molecule has 10 nitrogen and oxygen atoms in total. The fraction of sp³-hybridized carbons (Fsp3) is 0.179. The minimum Gasteiger partial charge on any atom is -0.494 e. The highest BCUT2D eigenvalue weighted by atomic mass is 35.5. The predicted octanol–water partition coefficient (Wildman–Crippen LogP) is 5.16. The van der Waals surface area contributed by atoms with E-state index in [0.717, 1.165) is 17.0 Å². The first-order valence-electron chi connectivity index (χ1n) is 12.1. The highest BCUT2D eigenvalue weighted by molar-refractivity contribution is 7.99. The van der Waals surface area contributed by atoms with E-state index in [0.29, 0.717) is 39.7 Å². The van der Waals surface area contributed by atoms with Crippen molar-refractivity contribution in [3.8, 4) is 34.3 Å². The Morgan fingerprint density at radius 3 is 2.48 bits per heavy atom. The van der Waals surface area contributed by atoms with Crippen LogP contribution in [0.3, 0.4) is 0 Å². The van der Waals surface area contributed by atoms with Gasteiger partial charge in [0.05, 0.1) is 25.7 Å². The van der Waals surface area contributed by atoms with Gasteiger partial charge in [0.2, 0.25) is 0 Å². The molecule has 0 fully saturated rings. The molecule has 0 spiro atoms. The molecule has 0 aliphatic heterocycles. The Bertz CT molecular complexity index is 1510. The first-order valence-corrected chi connectivity index (χ1v) is 13.5. The van der Waals surface area contributed by atoms with E-state index in [1.54, 1.807) is 30.3 Å². The van der Waals surface area contributed by atoms with Gasteiger partial charge in [-0.1, -0.05) is 23.4 Å². The number of benzene rings is 3. The zero-order chi connectivity index (χ0) is 28.5. The zero-order valence-electron chi connectivity index (χ0n) is 22.0. The van der Waals surface area contributed by atoms with Crippen LogP contribution in [0.5, 0.6) is 17.2 Å². The van der Waals surface area contributed by atoms with E-state index in [1.807, 2.05) is 47.9 Å². The van der Waals surface area contributed by atoms with Crippen molar-refractivity contribution in [2.24, 2.45) is 5.10 Å². The lowest BCUT2D eigenvalue weighted by molar-refractivity contribution is -0.132. The first-order chi connectivity index (χ1) is 19.4. The number of methoxy groups -OCH3 is 1. The van der Waals surface area contributed by atoms with Crippen molar-refractivity contribution in [2.75, 3.05) is 19.5 Å². The maximum atomic E-state index is 12.6. The van der Waals surface area contributed by atoms with Gasteiger partial charge in [0.15, 0.2) is 22.5 Å². The summed E-state index contributed by atoms with van der Waals surface area (Å²) in [5.74, 6) is 1.27. The highest BCUT2D eigenvalue weighted by Gasteiger charge is 2.17. The molecule has 0 radical (unpaired) electrons. The van der Waals surface area contributed by atoms with E-state index in [4.69, 9.17) is 25.8 Å². The summed E-state index contributed by atoms with van der Waals surface area (Å²) in [7, 11) is 1.46. The minimum atomic E-state index is -0.455. The largest absolute Gasteiger partial charge is 0.494 e. The number of amides is 1. The molecule has 0 bridgehead atoms. The Balaban J connectivity index is 1.47. The molecule has 0 aliphatic rings. The second-order valence-corrected chi connectivity index (χ2v) is 9.54. The summed E-state index contributed by atoms with van der Waals surface area (Å²) in [5.41, 5.74) is 4.78. The van der Waals surface area contributed by atoms with E-state index in [9.17, 15) is 9.59 Å². The molecule has 0 saturated carbocycles. The molecule has 1 heterocycles. The smallest absolute Gasteiger partial charge is 0.308 e. The van der Waals surface area contributed by atoms with Gasteiger partial charge in [-0.2, -0.15) is 5.10 Å². The molecule has 3 aromatic carbocycles. The van der Waals surface area contributed by atoms with Crippen LogP contribution in [0, 0.1) is 0 Å². The lowest BCUT2D eigenvalue weighted by atomic mass is 10.2. The standard InChI is InChI=1S/C28H26ClN5O5S/c1-4-38-23-12-10-22(11-13-23)34-27(20-6-8-21(29)9-7-20)32-33-28(34)40-17-26(36)31-30-16-19-5-14-24(39-18(2)35)25(15-19)37-3/h5-16H,4,17H2,1-3H3,(H,31,36)/b30-16+. The molecule has 206 valence electrons. The number of nitrogens with zero attached hydrogens (tertiary/aromatic N) is 4. The molecule has 0 saturated heterocycles. The third-order valence-electron chi connectivity index (χ3n) is 5.32. The second kappa shape index (κ2) is 13.6. The lowest BCUT2D eigenvalue weighted by Crippen LogP contribution is -2.20. The maximum absolute atomic E-state index is 12.6. The molecule has 40 heavy (non-hydrogen) atoms. The normalized spacial score (nSPS) is 10.9. The van der Waals surface area contributed by atoms with Crippen LogP contribution in [0.2, 0.25) is 5.02 Å². The summed E-state index contributed by atoms with van der Waals surface area (Å²) in [6.07, 6.45) is 1.46. The van der Waals surface area contributed by atoms with Crippen LogP contribution >= 0.6 is 23.4 Å². The van der Waals surface area contributed by atoms with Gasteiger partial charge in [0.25, 0.3) is 5.91 Å². The molecule has 1 aromatic heterocycles. The summed E-state index contributed by atoms with van der Waals surface area (Å²) in [5, 5.41) is 13.9. The quantitative estimate of drug-likeness (QED) is 0.0851. The van der Waals surface area contributed by atoms with Gasteiger partial charge in [-0.05, 0) is 79.2 Å². The third kappa shape index (κ3) is 7.39. The van der Waals surface area contributed by atoms with Crippen LogP contribution in [-0.4, -0.2) is 52.3 Å². The Morgan fingerprint density at radius 1 is 1.05 bits per heavy atom. The number of hydrogen-bond donors (Lipinski definition) is 1. The van der Waals surface area contributed by atoms with Crippen molar-refractivity contribution in [3.63, 3.8) is 0 Å². The van der Waals surface area contributed by atoms with Gasteiger partial charge in [0, 0.05) is 23.2 Å². The number of nitrogens with one attached hydrogen (secondary N) is 1. The van der Waals surface area contributed by atoms with Crippen molar-refractivity contribution in [2.45, 2.75) is 19.0 Å². The van der Waals surface area contributed by atoms with Crippen LogP contribution in [0.4, 0.5) is 0 Å². The average molecular weight is 580 g/mol. The van der Waals surface area contributed by atoms with E-state index in [2.05, 4.69) is 20.7 Å². The van der Waals surface area contributed by atoms with Crippen LogP contribution < -0.4 is 19.6 Å². The van der Waals surface area contributed by atoms with Gasteiger partial charge in [-0.25, -0.2) is 5.43 Å². The number of ether oxygens (including phenoxy) is 3. The molecular formula is C28H26ClN5O5S. The maximum Gasteiger partial charge on any atom is 0.308 e. The molecule has 0 unspecified atom stereocenters. The van der Waals surface area contributed by atoms with Gasteiger partial charge in [-0.3, -0.25) is 14.2 Å². The summed E-state index contributed by atoms with van der Waals surface area (Å²) in [6, 6.07) is 19.8. The number of carbonyl (C=O) groups is 2.